The van der Waals surface area contributed by atoms with Gasteiger partial charge < -0.3 is 15.2 Å². The average Bonchev–Trinajstić information content (AvgIpc) is 3.18. The van der Waals surface area contributed by atoms with Crippen LogP contribution in [0.25, 0.3) is 0 Å². The molecule has 0 unspecified atom stereocenters. The van der Waals surface area contributed by atoms with Crippen LogP contribution in [0.3, 0.4) is 0 Å². The molecule has 32 heavy (non-hydrogen) atoms. The van der Waals surface area contributed by atoms with Crippen molar-refractivity contribution in [3.63, 3.8) is 0 Å². The number of rotatable bonds is 10. The third kappa shape index (κ3) is 6.72. The second-order valence-electron chi connectivity index (χ2n) is 6.82. The summed E-state index contributed by atoms with van der Waals surface area (Å²) < 4.78 is 1.87. The third-order valence-corrected chi connectivity index (χ3v) is 6.12. The van der Waals surface area contributed by atoms with E-state index in [1.165, 1.54) is 23.4 Å². The van der Waals surface area contributed by atoms with E-state index in [9.17, 15) is 9.59 Å². The summed E-state index contributed by atoms with van der Waals surface area (Å²) in [6.07, 6.45) is 0.782. The van der Waals surface area contributed by atoms with Gasteiger partial charge in [-0.15, -0.1) is 10.2 Å². The summed E-state index contributed by atoms with van der Waals surface area (Å²) in [5.41, 5.74) is 1.51. The van der Waals surface area contributed by atoms with Crippen molar-refractivity contribution in [2.24, 2.45) is 0 Å². The zero-order valence-corrected chi connectivity index (χ0v) is 19.8. The predicted octanol–water partition coefficient (Wildman–Crippen LogP) is 3.99. The lowest BCUT2D eigenvalue weighted by molar-refractivity contribution is -0.118. The van der Waals surface area contributed by atoms with E-state index >= 15 is 0 Å². The van der Waals surface area contributed by atoms with Crippen molar-refractivity contribution in [3.05, 3.63) is 75.5 Å². The van der Waals surface area contributed by atoms with Crippen LogP contribution in [0.4, 0.5) is 0 Å². The van der Waals surface area contributed by atoms with Crippen LogP contribution in [-0.2, 0) is 24.3 Å². The van der Waals surface area contributed by atoms with Crippen molar-refractivity contribution in [1.82, 2.24) is 25.4 Å². The van der Waals surface area contributed by atoms with Gasteiger partial charge in [0.15, 0.2) is 11.0 Å². The maximum atomic E-state index is 12.4. The van der Waals surface area contributed by atoms with Crippen LogP contribution in [0.1, 0.15) is 28.7 Å². The highest BCUT2D eigenvalue weighted by Gasteiger charge is 2.15. The number of nitrogens with one attached hydrogen (secondary N) is 2. The largest absolute Gasteiger partial charge is 0.355 e. The highest BCUT2D eigenvalue weighted by Crippen LogP contribution is 2.21. The first-order valence-electron chi connectivity index (χ1n) is 10.1. The molecule has 0 atom stereocenters. The first-order valence-corrected chi connectivity index (χ1v) is 11.8. The Hall–Kier alpha value is -2.55. The molecule has 2 aromatic carbocycles. The molecule has 0 aliphatic rings. The maximum absolute atomic E-state index is 12.4. The van der Waals surface area contributed by atoms with Crippen LogP contribution < -0.4 is 10.6 Å². The third-order valence-electron chi connectivity index (χ3n) is 4.60. The molecule has 0 saturated heterocycles. The highest BCUT2D eigenvalue weighted by atomic mass is 35.5. The zero-order valence-electron chi connectivity index (χ0n) is 17.5. The standard InChI is InChI=1S/C22H23Cl2N5O2S/c1-2-29-19(13-26-21(31)17-9-8-16(23)12-18(17)24)27-28-22(29)32-14-20(30)25-11-10-15-6-4-3-5-7-15/h3-9,12H,2,10-11,13-14H2,1H3,(H,25,30)(H,26,31). The lowest BCUT2D eigenvalue weighted by atomic mass is 10.1. The van der Waals surface area contributed by atoms with Crippen molar-refractivity contribution >= 4 is 46.8 Å². The van der Waals surface area contributed by atoms with E-state index in [-0.39, 0.29) is 29.1 Å². The Labute approximate surface area is 200 Å². The number of carbonyl (C=O) groups is 2. The van der Waals surface area contributed by atoms with Crippen molar-refractivity contribution in [3.8, 4) is 0 Å². The molecule has 0 bridgehead atoms. The van der Waals surface area contributed by atoms with Crippen molar-refractivity contribution in [1.29, 1.82) is 0 Å². The van der Waals surface area contributed by atoms with Gasteiger partial charge in [0.25, 0.3) is 5.91 Å². The van der Waals surface area contributed by atoms with Crippen LogP contribution in [0.5, 0.6) is 0 Å². The summed E-state index contributed by atoms with van der Waals surface area (Å²) in [6, 6.07) is 14.7. The van der Waals surface area contributed by atoms with Gasteiger partial charge in [-0.1, -0.05) is 65.3 Å². The molecule has 10 heteroatoms. The molecule has 168 valence electrons. The monoisotopic (exact) mass is 491 g/mol. The molecule has 1 aromatic heterocycles. The fraction of sp³-hybridized carbons (Fsp3) is 0.273. The van der Waals surface area contributed by atoms with Gasteiger partial charge in [-0.3, -0.25) is 9.59 Å². The summed E-state index contributed by atoms with van der Waals surface area (Å²) >= 11 is 13.3. The number of amides is 2. The summed E-state index contributed by atoms with van der Waals surface area (Å²) in [6.45, 7) is 3.32. The van der Waals surface area contributed by atoms with Crippen LogP contribution in [0.2, 0.25) is 10.0 Å². The van der Waals surface area contributed by atoms with Gasteiger partial charge in [0, 0.05) is 18.1 Å². The number of hydrogen-bond acceptors (Lipinski definition) is 5. The number of aromatic nitrogens is 3. The molecule has 3 aromatic rings. The molecule has 0 radical (unpaired) electrons. The SMILES string of the molecule is CCn1c(CNC(=O)c2ccc(Cl)cc2Cl)nnc1SCC(=O)NCCc1ccccc1. The Morgan fingerprint density at radius 2 is 1.84 bits per heavy atom. The first kappa shape index (κ1) is 24.1. The van der Waals surface area contributed by atoms with Gasteiger partial charge in [-0.25, -0.2) is 0 Å². The fourth-order valence-corrected chi connectivity index (χ4v) is 4.32. The number of benzene rings is 2. The van der Waals surface area contributed by atoms with E-state index in [4.69, 9.17) is 23.2 Å². The average molecular weight is 492 g/mol. The molecular weight excluding hydrogens is 469 g/mol. The van der Waals surface area contributed by atoms with Crippen LogP contribution in [0, 0.1) is 0 Å². The Balaban J connectivity index is 1.49. The van der Waals surface area contributed by atoms with Gasteiger partial charge in [0.05, 0.1) is 22.9 Å². The molecule has 2 N–H and O–H groups in total. The van der Waals surface area contributed by atoms with Gasteiger partial charge in [0.1, 0.15) is 0 Å². The number of carbonyl (C=O) groups excluding carboxylic acids is 2. The van der Waals surface area contributed by atoms with Gasteiger partial charge in [-0.2, -0.15) is 0 Å². The van der Waals surface area contributed by atoms with Gasteiger partial charge in [0.2, 0.25) is 5.91 Å². The van der Waals surface area contributed by atoms with Gasteiger partial charge in [-0.05, 0) is 37.1 Å². The van der Waals surface area contributed by atoms with E-state index in [1.807, 2.05) is 41.8 Å². The fourth-order valence-electron chi connectivity index (χ4n) is 2.97. The minimum absolute atomic E-state index is 0.0659. The van der Waals surface area contributed by atoms with Crippen molar-refractivity contribution < 1.29 is 9.59 Å². The molecule has 2 amide bonds. The molecule has 7 nitrogen and oxygen atoms in total. The molecule has 3 rings (SSSR count). The Kier molecular flexibility index (Phi) is 8.96. The topological polar surface area (TPSA) is 88.9 Å². The molecule has 0 aliphatic carbocycles. The minimum Gasteiger partial charge on any atom is -0.355 e. The van der Waals surface area contributed by atoms with Crippen LogP contribution in [-0.4, -0.2) is 38.9 Å². The molecule has 0 aliphatic heterocycles. The molecule has 0 spiro atoms. The maximum Gasteiger partial charge on any atom is 0.253 e. The summed E-state index contributed by atoms with van der Waals surface area (Å²) in [4.78, 5) is 24.6. The lowest BCUT2D eigenvalue weighted by Crippen LogP contribution is -2.27. The number of hydrogen-bond donors (Lipinski definition) is 2. The second kappa shape index (κ2) is 11.9. The highest BCUT2D eigenvalue weighted by molar-refractivity contribution is 7.99. The minimum atomic E-state index is -0.329. The van der Waals surface area contributed by atoms with Crippen molar-refractivity contribution in [2.45, 2.75) is 31.6 Å². The van der Waals surface area contributed by atoms with E-state index in [2.05, 4.69) is 20.8 Å². The number of nitrogens with zero attached hydrogens (tertiary/aromatic N) is 3. The smallest absolute Gasteiger partial charge is 0.253 e. The Morgan fingerprint density at radius 1 is 1.06 bits per heavy atom. The summed E-state index contributed by atoms with van der Waals surface area (Å²) in [5.74, 6) is 0.436. The van der Waals surface area contributed by atoms with E-state index < -0.39 is 0 Å². The number of halogens is 2. The normalized spacial score (nSPS) is 10.7. The molecule has 0 saturated carbocycles. The lowest BCUT2D eigenvalue weighted by Gasteiger charge is -2.09. The van der Waals surface area contributed by atoms with E-state index in [0.717, 1.165) is 6.42 Å². The second-order valence-corrected chi connectivity index (χ2v) is 8.61. The van der Waals surface area contributed by atoms with E-state index in [1.54, 1.807) is 12.1 Å². The van der Waals surface area contributed by atoms with Crippen LogP contribution in [0.15, 0.2) is 53.7 Å². The molecule has 1 heterocycles. The predicted molar refractivity (Wildman–Crippen MR) is 127 cm³/mol. The quantitative estimate of drug-likeness (QED) is 0.418. The molecule has 0 fully saturated rings. The summed E-state index contributed by atoms with van der Waals surface area (Å²) in [7, 11) is 0. The van der Waals surface area contributed by atoms with Gasteiger partial charge >= 0.3 is 0 Å². The zero-order chi connectivity index (χ0) is 22.9. The van der Waals surface area contributed by atoms with Crippen molar-refractivity contribution in [2.75, 3.05) is 12.3 Å². The Morgan fingerprint density at radius 3 is 2.56 bits per heavy atom. The summed E-state index contributed by atoms with van der Waals surface area (Å²) in [5, 5.41) is 15.4. The number of thioether (sulfide) groups is 1. The first-order chi connectivity index (χ1) is 15.5. The Bertz CT molecular complexity index is 1080. The van der Waals surface area contributed by atoms with Crippen LogP contribution >= 0.6 is 35.0 Å². The molecular formula is C22H23Cl2N5O2S. The van der Waals surface area contributed by atoms with E-state index in [0.29, 0.717) is 34.7 Å².